The first-order chi connectivity index (χ1) is 11.2. The van der Waals surface area contributed by atoms with Crippen LogP contribution in [0.3, 0.4) is 0 Å². The highest BCUT2D eigenvalue weighted by Crippen LogP contribution is 2.28. The topological polar surface area (TPSA) is 78.7 Å². The van der Waals surface area contributed by atoms with Crippen molar-refractivity contribution in [3.8, 4) is 6.07 Å². The average Bonchev–Trinajstić information content (AvgIpc) is 3.25. The molecule has 5 nitrogen and oxygen atoms in total. The fourth-order valence-corrected chi connectivity index (χ4v) is 4.03. The van der Waals surface area contributed by atoms with E-state index in [9.17, 15) is 4.79 Å². The maximum Gasteiger partial charge on any atom is 0.267 e. The lowest BCUT2D eigenvalue weighted by Gasteiger charge is -1.98. The van der Waals surface area contributed by atoms with Crippen molar-refractivity contribution in [3.63, 3.8) is 0 Å². The van der Waals surface area contributed by atoms with E-state index in [-0.39, 0.29) is 5.91 Å². The Morgan fingerprint density at radius 3 is 2.78 bits per heavy atom. The normalized spacial score (nSPS) is 10.2. The number of aromatic nitrogens is 2. The number of amides is 1. The van der Waals surface area contributed by atoms with Gasteiger partial charge in [-0.1, -0.05) is 41.3 Å². The quantitative estimate of drug-likeness (QED) is 0.550. The van der Waals surface area contributed by atoms with Crippen LogP contribution in [0.4, 0.5) is 5.13 Å². The van der Waals surface area contributed by atoms with Gasteiger partial charge in [0.05, 0.1) is 16.5 Å². The monoisotopic (exact) mass is 358 g/mol. The van der Waals surface area contributed by atoms with Crippen LogP contribution in [-0.4, -0.2) is 16.1 Å². The molecule has 0 radical (unpaired) electrons. The van der Waals surface area contributed by atoms with Crippen LogP contribution in [-0.2, 0) is 5.75 Å². The number of thiophene rings is 1. The van der Waals surface area contributed by atoms with Crippen molar-refractivity contribution >= 4 is 45.5 Å². The lowest BCUT2D eigenvalue weighted by molar-refractivity contribution is 0.103. The molecule has 2 heterocycles. The minimum Gasteiger partial charge on any atom is -0.296 e. The van der Waals surface area contributed by atoms with Gasteiger partial charge in [-0.3, -0.25) is 10.1 Å². The van der Waals surface area contributed by atoms with Crippen molar-refractivity contribution in [2.75, 3.05) is 5.32 Å². The van der Waals surface area contributed by atoms with Gasteiger partial charge in [-0.05, 0) is 29.1 Å². The zero-order valence-corrected chi connectivity index (χ0v) is 14.2. The highest BCUT2D eigenvalue weighted by molar-refractivity contribution is 8.00. The molecule has 0 atom stereocenters. The molecular weight excluding hydrogens is 348 g/mol. The third-order valence-corrected chi connectivity index (χ3v) is 5.73. The van der Waals surface area contributed by atoms with Crippen molar-refractivity contribution in [1.82, 2.24) is 10.2 Å². The number of hydrogen-bond donors (Lipinski definition) is 1. The van der Waals surface area contributed by atoms with Gasteiger partial charge in [0.15, 0.2) is 4.34 Å². The lowest BCUT2D eigenvalue weighted by Crippen LogP contribution is -2.09. The van der Waals surface area contributed by atoms with E-state index in [2.05, 4.69) is 21.6 Å². The summed E-state index contributed by atoms with van der Waals surface area (Å²) in [4.78, 5) is 12.6. The fourth-order valence-electron chi connectivity index (χ4n) is 1.71. The summed E-state index contributed by atoms with van der Waals surface area (Å²) in [5.41, 5.74) is 1.75. The molecule has 1 aromatic carbocycles. The highest BCUT2D eigenvalue weighted by Gasteiger charge is 2.11. The summed E-state index contributed by atoms with van der Waals surface area (Å²) in [5.74, 6) is 0.568. The number of benzene rings is 1. The zero-order chi connectivity index (χ0) is 16.1. The van der Waals surface area contributed by atoms with E-state index in [1.807, 2.05) is 23.6 Å². The van der Waals surface area contributed by atoms with Crippen LogP contribution in [0.25, 0.3) is 0 Å². The summed E-state index contributed by atoms with van der Waals surface area (Å²) >= 11 is 4.28. The van der Waals surface area contributed by atoms with Gasteiger partial charge in [-0.15, -0.1) is 21.5 Å². The van der Waals surface area contributed by atoms with Crippen molar-refractivity contribution in [3.05, 3.63) is 57.8 Å². The predicted molar refractivity (Wildman–Crippen MR) is 92.9 cm³/mol. The van der Waals surface area contributed by atoms with Gasteiger partial charge in [0.25, 0.3) is 5.91 Å². The molecule has 23 heavy (non-hydrogen) atoms. The number of carbonyl (C=O) groups excluding carboxylic acids is 1. The Morgan fingerprint density at radius 2 is 2.09 bits per heavy atom. The van der Waals surface area contributed by atoms with Gasteiger partial charge < -0.3 is 0 Å². The number of nitriles is 1. The van der Waals surface area contributed by atoms with Gasteiger partial charge >= 0.3 is 0 Å². The molecule has 0 unspecified atom stereocenters. The third kappa shape index (κ3) is 4.16. The summed E-state index contributed by atoms with van der Waals surface area (Å²) in [6, 6.07) is 13.1. The van der Waals surface area contributed by atoms with Crippen LogP contribution in [0.1, 0.15) is 20.8 Å². The molecule has 0 saturated carbocycles. The van der Waals surface area contributed by atoms with E-state index in [1.54, 1.807) is 30.0 Å². The van der Waals surface area contributed by atoms with Gasteiger partial charge in [0.2, 0.25) is 5.13 Å². The predicted octanol–water partition coefficient (Wildman–Crippen LogP) is 4.02. The van der Waals surface area contributed by atoms with Crippen LogP contribution in [0.2, 0.25) is 0 Å². The molecule has 0 saturated heterocycles. The Bertz CT molecular complexity index is 834. The second-order valence-electron chi connectivity index (χ2n) is 4.40. The molecule has 0 spiro atoms. The number of nitrogens with zero attached hydrogens (tertiary/aromatic N) is 3. The summed E-state index contributed by atoms with van der Waals surface area (Å²) in [6.07, 6.45) is 0. The van der Waals surface area contributed by atoms with Crippen molar-refractivity contribution < 1.29 is 4.79 Å². The molecule has 0 aliphatic rings. The highest BCUT2D eigenvalue weighted by atomic mass is 32.2. The van der Waals surface area contributed by atoms with Crippen molar-refractivity contribution in [1.29, 1.82) is 5.26 Å². The molecule has 8 heteroatoms. The van der Waals surface area contributed by atoms with E-state index < -0.39 is 0 Å². The molecule has 0 bridgehead atoms. The zero-order valence-electron chi connectivity index (χ0n) is 11.7. The molecule has 3 aromatic rings. The van der Waals surface area contributed by atoms with Gasteiger partial charge in [-0.2, -0.15) is 5.26 Å². The largest absolute Gasteiger partial charge is 0.296 e. The molecule has 0 aliphatic carbocycles. The standard InChI is InChI=1S/C15H10N4OS3/c16-8-10-3-5-11(6-4-10)9-22-15-19-18-14(23-15)17-13(20)12-2-1-7-21-12/h1-7H,9H2,(H,17,18,20). The van der Waals surface area contributed by atoms with Crippen molar-refractivity contribution in [2.24, 2.45) is 0 Å². The summed E-state index contributed by atoms with van der Waals surface area (Å²) in [5, 5.41) is 21.9. The Hall–Kier alpha value is -2.21. The SMILES string of the molecule is N#Cc1ccc(CSc2nnc(NC(=O)c3cccs3)s2)cc1. The Kier molecular flexibility index (Phi) is 5.02. The second kappa shape index (κ2) is 7.37. The smallest absolute Gasteiger partial charge is 0.267 e. The van der Waals surface area contributed by atoms with E-state index >= 15 is 0 Å². The fraction of sp³-hybridized carbons (Fsp3) is 0.0667. The Balaban J connectivity index is 1.56. The van der Waals surface area contributed by atoms with Crippen LogP contribution in [0, 0.1) is 11.3 Å². The molecule has 1 amide bonds. The number of thioether (sulfide) groups is 1. The van der Waals surface area contributed by atoms with Gasteiger partial charge in [-0.25, -0.2) is 0 Å². The van der Waals surface area contributed by atoms with E-state index in [0.717, 1.165) is 15.7 Å². The average molecular weight is 358 g/mol. The Morgan fingerprint density at radius 1 is 1.26 bits per heavy atom. The number of carbonyl (C=O) groups is 1. The molecule has 114 valence electrons. The van der Waals surface area contributed by atoms with Crippen LogP contribution < -0.4 is 5.32 Å². The molecular formula is C15H10N4OS3. The van der Waals surface area contributed by atoms with E-state index in [0.29, 0.717) is 15.6 Å². The van der Waals surface area contributed by atoms with E-state index in [4.69, 9.17) is 5.26 Å². The summed E-state index contributed by atoms with van der Waals surface area (Å²) in [7, 11) is 0. The van der Waals surface area contributed by atoms with E-state index in [1.165, 1.54) is 22.7 Å². The first kappa shape index (κ1) is 15.7. The van der Waals surface area contributed by atoms with Crippen LogP contribution in [0.15, 0.2) is 46.1 Å². The summed E-state index contributed by atoms with van der Waals surface area (Å²) < 4.78 is 0.788. The number of hydrogen-bond acceptors (Lipinski definition) is 7. The van der Waals surface area contributed by atoms with Crippen molar-refractivity contribution in [2.45, 2.75) is 10.1 Å². The maximum atomic E-state index is 11.9. The minimum absolute atomic E-state index is 0.167. The van der Waals surface area contributed by atoms with Gasteiger partial charge in [0.1, 0.15) is 0 Å². The van der Waals surface area contributed by atoms with Crippen LogP contribution in [0.5, 0.6) is 0 Å². The Labute approximate surface area is 145 Å². The molecule has 1 N–H and O–H groups in total. The first-order valence-electron chi connectivity index (χ1n) is 6.55. The second-order valence-corrected chi connectivity index (χ2v) is 7.55. The summed E-state index contributed by atoms with van der Waals surface area (Å²) in [6.45, 7) is 0. The third-order valence-electron chi connectivity index (χ3n) is 2.82. The number of nitrogens with one attached hydrogen (secondary N) is 1. The minimum atomic E-state index is -0.167. The molecule has 2 aromatic heterocycles. The maximum absolute atomic E-state index is 11.9. The van der Waals surface area contributed by atoms with Crippen LogP contribution >= 0.6 is 34.4 Å². The molecule has 0 aliphatic heterocycles. The first-order valence-corrected chi connectivity index (χ1v) is 9.23. The number of anilines is 1. The lowest BCUT2D eigenvalue weighted by atomic mass is 10.2. The number of rotatable bonds is 5. The van der Waals surface area contributed by atoms with Gasteiger partial charge in [0, 0.05) is 5.75 Å². The molecule has 3 rings (SSSR count). The molecule has 0 fully saturated rings.